The molecule has 2 aliphatic carbocycles. The van der Waals surface area contributed by atoms with Gasteiger partial charge >= 0.3 is 0 Å². The molecule has 3 heteroatoms. The summed E-state index contributed by atoms with van der Waals surface area (Å²) in [5, 5.41) is 31.2. The van der Waals surface area contributed by atoms with Crippen molar-refractivity contribution < 1.29 is 15.3 Å². The fourth-order valence-corrected chi connectivity index (χ4v) is 3.76. The van der Waals surface area contributed by atoms with Gasteiger partial charge in [-0.25, -0.2) is 0 Å². The van der Waals surface area contributed by atoms with Gasteiger partial charge in [-0.05, 0) is 57.4 Å². The Bertz CT molecular complexity index is 357. The summed E-state index contributed by atoms with van der Waals surface area (Å²) in [6.07, 6.45) is 3.20. The number of aliphatic hydroxyl groups excluding tert-OH is 1. The van der Waals surface area contributed by atoms with Crippen LogP contribution in [-0.4, -0.2) is 32.6 Å². The lowest BCUT2D eigenvalue weighted by Gasteiger charge is -2.57. The zero-order valence-electron chi connectivity index (χ0n) is 11.7. The van der Waals surface area contributed by atoms with E-state index in [9.17, 15) is 15.3 Å². The molecule has 2 aliphatic rings. The Morgan fingerprint density at radius 3 is 2.39 bits per heavy atom. The molecule has 104 valence electrons. The van der Waals surface area contributed by atoms with Crippen LogP contribution in [0, 0.1) is 11.3 Å². The minimum Gasteiger partial charge on any atom is -0.390 e. The molecule has 3 nitrogen and oxygen atoms in total. The fraction of sp³-hybridized carbons (Fsp3) is 0.867. The molecule has 0 heterocycles. The molecular formula is C15H26O3. The summed E-state index contributed by atoms with van der Waals surface area (Å²) < 4.78 is 0. The van der Waals surface area contributed by atoms with E-state index in [1.807, 2.05) is 0 Å². The van der Waals surface area contributed by atoms with Crippen molar-refractivity contribution in [3.63, 3.8) is 0 Å². The maximum atomic E-state index is 11.1. The summed E-state index contributed by atoms with van der Waals surface area (Å²) in [6, 6.07) is 0. The summed E-state index contributed by atoms with van der Waals surface area (Å²) in [5.74, 6) is 0.0534. The summed E-state index contributed by atoms with van der Waals surface area (Å²) in [4.78, 5) is 0. The zero-order valence-corrected chi connectivity index (χ0v) is 11.7. The second-order valence-electron chi connectivity index (χ2n) is 7.09. The van der Waals surface area contributed by atoms with E-state index in [4.69, 9.17) is 0 Å². The van der Waals surface area contributed by atoms with E-state index in [-0.39, 0.29) is 11.3 Å². The van der Waals surface area contributed by atoms with Gasteiger partial charge in [0.2, 0.25) is 0 Å². The number of hydrogen-bond acceptors (Lipinski definition) is 3. The van der Waals surface area contributed by atoms with Crippen LogP contribution < -0.4 is 0 Å². The Hall–Kier alpha value is -0.380. The molecule has 0 bridgehead atoms. The molecule has 2 fully saturated rings. The van der Waals surface area contributed by atoms with E-state index in [1.54, 1.807) is 13.8 Å². The first kappa shape index (κ1) is 14.0. The zero-order chi connectivity index (χ0) is 13.8. The Balaban J connectivity index is 2.32. The van der Waals surface area contributed by atoms with Gasteiger partial charge in [-0.15, -0.1) is 0 Å². The Morgan fingerprint density at radius 1 is 1.28 bits per heavy atom. The quantitative estimate of drug-likeness (QED) is 0.627. The van der Waals surface area contributed by atoms with Crippen LogP contribution in [0.5, 0.6) is 0 Å². The molecule has 0 aromatic heterocycles. The fourth-order valence-electron chi connectivity index (χ4n) is 3.76. The molecule has 2 rings (SSSR count). The smallest absolute Gasteiger partial charge is 0.0935 e. The predicted molar refractivity (Wildman–Crippen MR) is 71.1 cm³/mol. The Morgan fingerprint density at radius 2 is 1.83 bits per heavy atom. The highest BCUT2D eigenvalue weighted by molar-refractivity contribution is 5.27. The van der Waals surface area contributed by atoms with E-state index in [0.717, 1.165) is 19.3 Å². The third kappa shape index (κ3) is 1.93. The average Bonchev–Trinajstić information content (AvgIpc) is 2.26. The predicted octanol–water partition coefficient (Wildman–Crippen LogP) is 2.01. The van der Waals surface area contributed by atoms with Gasteiger partial charge < -0.3 is 15.3 Å². The van der Waals surface area contributed by atoms with Gasteiger partial charge in [0.05, 0.1) is 17.3 Å². The van der Waals surface area contributed by atoms with Crippen LogP contribution in [0.1, 0.15) is 52.9 Å². The topological polar surface area (TPSA) is 60.7 Å². The molecular weight excluding hydrogens is 228 g/mol. The molecule has 2 saturated carbocycles. The van der Waals surface area contributed by atoms with Crippen molar-refractivity contribution in [2.24, 2.45) is 11.3 Å². The molecule has 0 aromatic rings. The van der Waals surface area contributed by atoms with E-state index < -0.39 is 17.3 Å². The van der Waals surface area contributed by atoms with Gasteiger partial charge in [0.1, 0.15) is 0 Å². The SMILES string of the molecule is C=C1C(O)CCC2(C)CCC(C(C)(C)O)CC12O. The van der Waals surface area contributed by atoms with E-state index in [2.05, 4.69) is 13.5 Å². The Labute approximate surface area is 110 Å². The normalized spacial score (nSPS) is 45.8. The largest absolute Gasteiger partial charge is 0.390 e. The molecule has 0 spiro atoms. The lowest BCUT2D eigenvalue weighted by atomic mass is 9.52. The molecule has 4 atom stereocenters. The van der Waals surface area contributed by atoms with E-state index in [1.165, 1.54) is 0 Å². The van der Waals surface area contributed by atoms with Gasteiger partial charge in [0.25, 0.3) is 0 Å². The summed E-state index contributed by atoms with van der Waals surface area (Å²) in [5.41, 5.74) is -1.48. The highest BCUT2D eigenvalue weighted by atomic mass is 16.3. The molecule has 0 radical (unpaired) electrons. The molecule has 0 saturated heterocycles. The van der Waals surface area contributed by atoms with Gasteiger partial charge in [-0.1, -0.05) is 13.5 Å². The van der Waals surface area contributed by atoms with Gasteiger partial charge in [-0.2, -0.15) is 0 Å². The maximum absolute atomic E-state index is 11.1. The summed E-state index contributed by atoms with van der Waals surface area (Å²) >= 11 is 0. The molecule has 4 unspecified atom stereocenters. The maximum Gasteiger partial charge on any atom is 0.0935 e. The first-order valence-corrected chi connectivity index (χ1v) is 6.92. The molecule has 0 aliphatic heterocycles. The van der Waals surface area contributed by atoms with Crippen LogP contribution >= 0.6 is 0 Å². The number of aliphatic hydroxyl groups is 3. The van der Waals surface area contributed by atoms with Gasteiger partial charge in [-0.3, -0.25) is 0 Å². The minimum atomic E-state index is -1.03. The van der Waals surface area contributed by atoms with Crippen LogP contribution in [0.15, 0.2) is 12.2 Å². The van der Waals surface area contributed by atoms with Crippen LogP contribution in [0.2, 0.25) is 0 Å². The monoisotopic (exact) mass is 254 g/mol. The van der Waals surface area contributed by atoms with Crippen molar-refractivity contribution in [2.75, 3.05) is 0 Å². The van der Waals surface area contributed by atoms with Gasteiger partial charge in [0.15, 0.2) is 0 Å². The van der Waals surface area contributed by atoms with Crippen molar-refractivity contribution in [1.82, 2.24) is 0 Å². The number of fused-ring (bicyclic) bond motifs is 1. The van der Waals surface area contributed by atoms with Crippen molar-refractivity contribution in [2.45, 2.75) is 70.2 Å². The molecule has 18 heavy (non-hydrogen) atoms. The van der Waals surface area contributed by atoms with Crippen LogP contribution in [-0.2, 0) is 0 Å². The van der Waals surface area contributed by atoms with Gasteiger partial charge in [0, 0.05) is 5.41 Å². The molecule has 0 amide bonds. The minimum absolute atomic E-state index is 0.0534. The van der Waals surface area contributed by atoms with E-state index >= 15 is 0 Å². The molecule has 0 aromatic carbocycles. The van der Waals surface area contributed by atoms with Crippen molar-refractivity contribution in [1.29, 1.82) is 0 Å². The Kier molecular flexibility index (Phi) is 3.16. The highest BCUT2D eigenvalue weighted by Gasteiger charge is 2.57. The third-order valence-electron chi connectivity index (χ3n) is 5.49. The summed E-state index contributed by atoms with van der Waals surface area (Å²) in [7, 11) is 0. The first-order valence-electron chi connectivity index (χ1n) is 6.92. The lowest BCUT2D eigenvalue weighted by Crippen LogP contribution is -2.59. The van der Waals surface area contributed by atoms with Crippen LogP contribution in [0.3, 0.4) is 0 Å². The van der Waals surface area contributed by atoms with Crippen molar-refractivity contribution >= 4 is 0 Å². The number of rotatable bonds is 1. The van der Waals surface area contributed by atoms with Crippen molar-refractivity contribution in [3.8, 4) is 0 Å². The van der Waals surface area contributed by atoms with E-state index in [0.29, 0.717) is 18.4 Å². The lowest BCUT2D eigenvalue weighted by molar-refractivity contribution is -0.152. The first-order chi connectivity index (χ1) is 8.10. The third-order valence-corrected chi connectivity index (χ3v) is 5.49. The highest BCUT2D eigenvalue weighted by Crippen LogP contribution is 2.57. The van der Waals surface area contributed by atoms with Crippen LogP contribution in [0.4, 0.5) is 0 Å². The molecule has 3 N–H and O–H groups in total. The second kappa shape index (κ2) is 4.06. The standard InChI is InChI=1S/C15H26O3/c1-10-12(16)6-8-14(4)7-5-11(13(2,3)17)9-15(10,14)18/h11-12,16-18H,1,5-9H2,2-4H3. The summed E-state index contributed by atoms with van der Waals surface area (Å²) in [6.45, 7) is 9.61. The average molecular weight is 254 g/mol. The van der Waals surface area contributed by atoms with Crippen LogP contribution in [0.25, 0.3) is 0 Å². The van der Waals surface area contributed by atoms with Crippen molar-refractivity contribution in [3.05, 3.63) is 12.2 Å². The second-order valence-corrected chi connectivity index (χ2v) is 7.09. The number of hydrogen-bond donors (Lipinski definition) is 3.